The first-order valence-electron chi connectivity index (χ1n) is 6.15. The summed E-state index contributed by atoms with van der Waals surface area (Å²) >= 11 is 6.10. The summed E-state index contributed by atoms with van der Waals surface area (Å²) in [5.41, 5.74) is 3.60. The quantitative estimate of drug-likeness (QED) is 0.793. The second-order valence-corrected chi connectivity index (χ2v) is 5.37. The fraction of sp³-hybridized carbons (Fsp3) is 0.333. The third-order valence-electron chi connectivity index (χ3n) is 3.87. The SMILES string of the molecule is Cc1cccc2c(O)cc3c(c12)C(CCl)CN3C. The Bertz CT molecular complexity index is 623. The third-order valence-corrected chi connectivity index (χ3v) is 4.24. The molecule has 2 aromatic rings. The van der Waals surface area contributed by atoms with E-state index in [-0.39, 0.29) is 0 Å². The number of phenols is 1. The molecule has 0 radical (unpaired) electrons. The van der Waals surface area contributed by atoms with Gasteiger partial charge in [0.1, 0.15) is 5.75 Å². The predicted octanol–water partition coefficient (Wildman–Crippen LogP) is 3.63. The van der Waals surface area contributed by atoms with E-state index in [1.54, 1.807) is 0 Å². The van der Waals surface area contributed by atoms with E-state index in [1.807, 2.05) is 18.2 Å². The number of hydrogen-bond acceptors (Lipinski definition) is 2. The van der Waals surface area contributed by atoms with E-state index in [2.05, 4.69) is 24.9 Å². The lowest BCUT2D eigenvalue weighted by Gasteiger charge is -2.15. The summed E-state index contributed by atoms with van der Waals surface area (Å²) in [6.07, 6.45) is 0. The van der Waals surface area contributed by atoms with E-state index in [1.165, 1.54) is 16.5 Å². The third kappa shape index (κ3) is 1.49. The molecule has 1 aliphatic heterocycles. The van der Waals surface area contributed by atoms with E-state index < -0.39 is 0 Å². The van der Waals surface area contributed by atoms with Gasteiger partial charge in [0.2, 0.25) is 0 Å². The number of aromatic hydroxyl groups is 1. The minimum atomic E-state index is 0.343. The van der Waals surface area contributed by atoms with Crippen LogP contribution in [-0.2, 0) is 0 Å². The maximum absolute atomic E-state index is 10.2. The van der Waals surface area contributed by atoms with Crippen LogP contribution in [0.5, 0.6) is 5.75 Å². The molecule has 0 bridgehead atoms. The second-order valence-electron chi connectivity index (χ2n) is 5.06. The average molecular weight is 262 g/mol. The lowest BCUT2D eigenvalue weighted by molar-refractivity contribution is 0.481. The fourth-order valence-corrected chi connectivity index (χ4v) is 3.28. The molecule has 2 aromatic carbocycles. The molecule has 3 rings (SSSR count). The Hall–Kier alpha value is -1.41. The number of halogens is 1. The number of benzene rings is 2. The first-order chi connectivity index (χ1) is 8.63. The van der Waals surface area contributed by atoms with Gasteiger partial charge in [0.05, 0.1) is 0 Å². The molecule has 0 saturated carbocycles. The van der Waals surface area contributed by atoms with Crippen LogP contribution in [0.2, 0.25) is 0 Å². The van der Waals surface area contributed by atoms with Gasteiger partial charge in [-0.3, -0.25) is 0 Å². The number of rotatable bonds is 1. The van der Waals surface area contributed by atoms with Crippen molar-refractivity contribution in [3.63, 3.8) is 0 Å². The Kier molecular flexibility index (Phi) is 2.63. The number of hydrogen-bond donors (Lipinski definition) is 1. The summed E-state index contributed by atoms with van der Waals surface area (Å²) in [6, 6.07) is 7.91. The number of fused-ring (bicyclic) bond motifs is 3. The molecular formula is C15H16ClNO. The summed E-state index contributed by atoms with van der Waals surface area (Å²) in [4.78, 5) is 2.17. The molecule has 0 aliphatic carbocycles. The molecule has 0 saturated heterocycles. The van der Waals surface area contributed by atoms with Gasteiger partial charge in [0, 0.05) is 42.5 Å². The lowest BCUT2D eigenvalue weighted by atomic mass is 9.92. The Morgan fingerprint density at radius 2 is 2.22 bits per heavy atom. The van der Waals surface area contributed by atoms with Gasteiger partial charge < -0.3 is 10.0 Å². The van der Waals surface area contributed by atoms with Crippen LogP contribution in [0.4, 0.5) is 5.69 Å². The van der Waals surface area contributed by atoms with Crippen LogP contribution in [-0.4, -0.2) is 24.6 Å². The van der Waals surface area contributed by atoms with Gasteiger partial charge in [-0.1, -0.05) is 18.2 Å². The van der Waals surface area contributed by atoms with Crippen molar-refractivity contribution < 1.29 is 5.11 Å². The zero-order chi connectivity index (χ0) is 12.9. The van der Waals surface area contributed by atoms with E-state index >= 15 is 0 Å². The largest absolute Gasteiger partial charge is 0.507 e. The molecule has 94 valence electrons. The molecule has 1 heterocycles. The van der Waals surface area contributed by atoms with Crippen molar-refractivity contribution in [2.75, 3.05) is 24.4 Å². The van der Waals surface area contributed by atoms with E-state index in [4.69, 9.17) is 11.6 Å². The van der Waals surface area contributed by atoms with Crippen molar-refractivity contribution in [3.05, 3.63) is 35.4 Å². The number of nitrogens with zero attached hydrogens (tertiary/aromatic N) is 1. The van der Waals surface area contributed by atoms with Gasteiger partial charge in [-0.25, -0.2) is 0 Å². The van der Waals surface area contributed by atoms with Crippen molar-refractivity contribution in [1.82, 2.24) is 0 Å². The molecule has 0 amide bonds. The minimum absolute atomic E-state index is 0.343. The zero-order valence-corrected chi connectivity index (χ0v) is 11.3. The molecule has 2 nitrogen and oxygen atoms in total. The van der Waals surface area contributed by atoms with Crippen molar-refractivity contribution in [2.45, 2.75) is 12.8 Å². The standard InChI is InChI=1S/C15H16ClNO/c1-9-4-3-5-11-13(18)6-12-15(14(9)11)10(7-16)8-17(12)2/h3-6,10,18H,7-8H2,1-2H3. The molecule has 1 N–H and O–H groups in total. The predicted molar refractivity (Wildman–Crippen MR) is 77.1 cm³/mol. The smallest absolute Gasteiger partial charge is 0.125 e. The summed E-state index contributed by atoms with van der Waals surface area (Å²) in [5.74, 6) is 1.32. The first kappa shape index (κ1) is 11.7. The summed E-state index contributed by atoms with van der Waals surface area (Å²) < 4.78 is 0. The summed E-state index contributed by atoms with van der Waals surface area (Å²) in [6.45, 7) is 3.01. The lowest BCUT2D eigenvalue weighted by Crippen LogP contribution is -2.15. The van der Waals surface area contributed by atoms with E-state index in [0.29, 0.717) is 17.5 Å². The van der Waals surface area contributed by atoms with E-state index in [9.17, 15) is 5.11 Å². The maximum atomic E-state index is 10.2. The highest BCUT2D eigenvalue weighted by atomic mass is 35.5. The molecule has 0 aromatic heterocycles. The molecule has 0 spiro atoms. The normalized spacial score (nSPS) is 18.4. The van der Waals surface area contributed by atoms with Crippen LogP contribution in [0, 0.1) is 6.92 Å². The number of alkyl halides is 1. The van der Waals surface area contributed by atoms with Crippen LogP contribution in [0.3, 0.4) is 0 Å². The van der Waals surface area contributed by atoms with Crippen LogP contribution >= 0.6 is 11.6 Å². The van der Waals surface area contributed by atoms with Crippen LogP contribution in [0.1, 0.15) is 17.0 Å². The Balaban J connectivity index is 2.44. The number of likely N-dealkylation sites (N-methyl/N-ethyl adjacent to an activating group) is 1. The summed E-state index contributed by atoms with van der Waals surface area (Å²) in [5, 5.41) is 12.3. The highest BCUT2D eigenvalue weighted by molar-refractivity contribution is 6.18. The highest BCUT2D eigenvalue weighted by Crippen LogP contribution is 2.45. The van der Waals surface area contributed by atoms with Gasteiger partial charge in [-0.15, -0.1) is 11.6 Å². The highest BCUT2D eigenvalue weighted by Gasteiger charge is 2.29. The maximum Gasteiger partial charge on any atom is 0.125 e. The molecular weight excluding hydrogens is 246 g/mol. The number of anilines is 1. The molecule has 1 unspecified atom stereocenters. The molecule has 1 aliphatic rings. The van der Waals surface area contributed by atoms with Crippen LogP contribution in [0.15, 0.2) is 24.3 Å². The van der Waals surface area contributed by atoms with E-state index in [0.717, 1.165) is 17.6 Å². The first-order valence-corrected chi connectivity index (χ1v) is 6.69. The zero-order valence-electron chi connectivity index (χ0n) is 10.6. The molecule has 3 heteroatoms. The average Bonchev–Trinajstić information content (AvgIpc) is 2.67. The van der Waals surface area contributed by atoms with Crippen molar-refractivity contribution >= 4 is 28.1 Å². The van der Waals surface area contributed by atoms with Gasteiger partial charge >= 0.3 is 0 Å². The summed E-state index contributed by atoms with van der Waals surface area (Å²) in [7, 11) is 2.05. The minimum Gasteiger partial charge on any atom is -0.507 e. The number of aryl methyl sites for hydroxylation is 1. The monoisotopic (exact) mass is 261 g/mol. The van der Waals surface area contributed by atoms with Crippen LogP contribution in [0.25, 0.3) is 10.8 Å². The van der Waals surface area contributed by atoms with Gasteiger partial charge in [0.25, 0.3) is 0 Å². The van der Waals surface area contributed by atoms with Gasteiger partial charge in [-0.05, 0) is 23.4 Å². The molecule has 18 heavy (non-hydrogen) atoms. The van der Waals surface area contributed by atoms with Crippen molar-refractivity contribution in [2.24, 2.45) is 0 Å². The Labute approximate surface area is 112 Å². The molecule has 0 fully saturated rings. The van der Waals surface area contributed by atoms with Crippen molar-refractivity contribution in [1.29, 1.82) is 0 Å². The fourth-order valence-electron chi connectivity index (χ4n) is 3.03. The van der Waals surface area contributed by atoms with Gasteiger partial charge in [-0.2, -0.15) is 0 Å². The Morgan fingerprint density at radius 3 is 2.94 bits per heavy atom. The Morgan fingerprint density at radius 1 is 1.44 bits per heavy atom. The number of phenolic OH excluding ortho intramolecular Hbond substituents is 1. The van der Waals surface area contributed by atoms with Crippen molar-refractivity contribution in [3.8, 4) is 5.75 Å². The topological polar surface area (TPSA) is 23.5 Å². The molecule has 1 atom stereocenters. The van der Waals surface area contributed by atoms with Crippen LogP contribution < -0.4 is 4.90 Å². The van der Waals surface area contributed by atoms with Gasteiger partial charge in [0.15, 0.2) is 0 Å². The second kappa shape index (κ2) is 4.06.